The van der Waals surface area contributed by atoms with Gasteiger partial charge in [0.2, 0.25) is 5.83 Å². The monoisotopic (exact) mass is 358 g/mol. The van der Waals surface area contributed by atoms with Gasteiger partial charge in [0.25, 0.3) is 0 Å². The Hall–Kier alpha value is -2.47. The first kappa shape index (κ1) is 18.3. The molecule has 0 bridgehead atoms. The minimum Gasteiger partial charge on any atom is -0.464 e. The summed E-state index contributed by atoms with van der Waals surface area (Å²) in [4.78, 5) is 28.4. The van der Waals surface area contributed by atoms with Crippen molar-refractivity contribution in [3.05, 3.63) is 47.4 Å². The number of esters is 1. The Kier molecular flexibility index (Phi) is 5.52. The van der Waals surface area contributed by atoms with Crippen LogP contribution in [0.2, 0.25) is 0 Å². The fourth-order valence-corrected chi connectivity index (χ4v) is 3.60. The van der Waals surface area contributed by atoms with Gasteiger partial charge < -0.3 is 9.72 Å². The molecule has 2 aromatic rings. The van der Waals surface area contributed by atoms with Gasteiger partial charge in [0, 0.05) is 36.1 Å². The lowest BCUT2D eigenvalue weighted by Gasteiger charge is -2.35. The Morgan fingerprint density at radius 3 is 2.88 bits per heavy atom. The van der Waals surface area contributed by atoms with Crippen LogP contribution in [0.15, 0.2) is 36.2 Å². The van der Waals surface area contributed by atoms with Gasteiger partial charge in [0.15, 0.2) is 0 Å². The summed E-state index contributed by atoms with van der Waals surface area (Å²) in [6.07, 6.45) is 2.93. The van der Waals surface area contributed by atoms with Gasteiger partial charge in [-0.25, -0.2) is 4.79 Å². The van der Waals surface area contributed by atoms with E-state index in [4.69, 9.17) is 0 Å². The van der Waals surface area contributed by atoms with Crippen molar-refractivity contribution in [3.63, 3.8) is 0 Å². The van der Waals surface area contributed by atoms with Crippen LogP contribution in [-0.2, 0) is 20.7 Å². The maximum absolute atomic E-state index is 13.9. The van der Waals surface area contributed by atoms with Crippen LogP contribution < -0.4 is 0 Å². The molecule has 5 nitrogen and oxygen atoms in total. The van der Waals surface area contributed by atoms with E-state index in [0.29, 0.717) is 19.4 Å². The van der Waals surface area contributed by atoms with Crippen molar-refractivity contribution < 1.29 is 18.7 Å². The highest BCUT2D eigenvalue weighted by Crippen LogP contribution is 2.36. The van der Waals surface area contributed by atoms with Crippen molar-refractivity contribution in [2.75, 3.05) is 20.2 Å². The van der Waals surface area contributed by atoms with Crippen LogP contribution in [0.4, 0.5) is 4.39 Å². The highest BCUT2D eigenvalue weighted by molar-refractivity contribution is 5.86. The van der Waals surface area contributed by atoms with Crippen LogP contribution in [-0.4, -0.2) is 41.8 Å². The minimum atomic E-state index is -0.965. The molecule has 6 heteroatoms. The van der Waals surface area contributed by atoms with Gasteiger partial charge in [-0.3, -0.25) is 9.69 Å². The maximum atomic E-state index is 13.9. The average molecular weight is 358 g/mol. The second-order valence-corrected chi connectivity index (χ2v) is 6.60. The summed E-state index contributed by atoms with van der Waals surface area (Å²) in [7, 11) is 1.16. The zero-order chi connectivity index (χ0) is 18.7. The van der Waals surface area contributed by atoms with Crippen LogP contribution in [0.5, 0.6) is 0 Å². The first-order valence-electron chi connectivity index (χ1n) is 8.78. The molecule has 1 N–H and O–H groups in total. The first-order chi connectivity index (χ1) is 12.5. The Bertz CT molecular complexity index is 856. The van der Waals surface area contributed by atoms with Crippen molar-refractivity contribution in [2.24, 2.45) is 0 Å². The molecular formula is C20H23FN2O3. The fourth-order valence-electron chi connectivity index (χ4n) is 3.60. The third-order valence-electron chi connectivity index (χ3n) is 4.92. The number of methoxy groups -OCH3 is 1. The van der Waals surface area contributed by atoms with Crippen molar-refractivity contribution in [2.45, 2.75) is 32.2 Å². The zero-order valence-electron chi connectivity index (χ0n) is 15.0. The number of aromatic amines is 1. The topological polar surface area (TPSA) is 62.4 Å². The number of nitrogens with zero attached hydrogens (tertiary/aromatic N) is 1. The van der Waals surface area contributed by atoms with Crippen LogP contribution in [0, 0.1) is 0 Å². The van der Waals surface area contributed by atoms with E-state index in [0.717, 1.165) is 31.3 Å². The number of H-pyrrole nitrogens is 1. The first-order valence-corrected chi connectivity index (χ1v) is 8.78. The number of nitrogens with one attached hydrogen (secondary N) is 1. The van der Waals surface area contributed by atoms with Gasteiger partial charge in [-0.1, -0.05) is 18.2 Å². The molecule has 1 aromatic carbocycles. The molecule has 1 aliphatic rings. The number of aromatic nitrogens is 1. The smallest absolute Gasteiger partial charge is 0.366 e. The van der Waals surface area contributed by atoms with Gasteiger partial charge >= 0.3 is 5.97 Å². The number of ketones is 1. The minimum absolute atomic E-state index is 0.110. The van der Waals surface area contributed by atoms with Gasteiger partial charge in [0.05, 0.1) is 13.2 Å². The number of carbonyl (C=O) groups excluding carboxylic acids is 2. The summed E-state index contributed by atoms with van der Waals surface area (Å²) >= 11 is 0. The van der Waals surface area contributed by atoms with Crippen molar-refractivity contribution in [1.29, 1.82) is 0 Å². The summed E-state index contributed by atoms with van der Waals surface area (Å²) in [5.74, 6) is -1.72. The standard InChI is InChI=1S/C20H23FN2O3/c1-13(24)9-11-23-12-10-15-14-5-3-4-6-17(14)22-19(15)18(23)8-7-16(21)20(25)26-2/h3-7,18,22H,8-12H2,1-2H3/b16-7-. The predicted molar refractivity (Wildman–Crippen MR) is 97.4 cm³/mol. The molecule has 2 heterocycles. The molecule has 0 spiro atoms. The Morgan fingerprint density at radius 2 is 2.15 bits per heavy atom. The summed E-state index contributed by atoms with van der Waals surface area (Å²) < 4.78 is 18.3. The van der Waals surface area contributed by atoms with Crippen LogP contribution >= 0.6 is 0 Å². The third kappa shape index (κ3) is 3.70. The fraction of sp³-hybridized carbons (Fsp3) is 0.400. The maximum Gasteiger partial charge on any atom is 0.366 e. The van der Waals surface area contributed by atoms with E-state index in [1.807, 2.05) is 18.2 Å². The largest absolute Gasteiger partial charge is 0.464 e. The molecule has 138 valence electrons. The van der Waals surface area contributed by atoms with Gasteiger partial charge in [-0.05, 0) is 37.5 Å². The number of halogens is 1. The quantitative estimate of drug-likeness (QED) is 0.634. The van der Waals surface area contributed by atoms with Crippen LogP contribution in [0.1, 0.15) is 37.1 Å². The SMILES string of the molecule is COC(=O)/C(F)=C/CC1c2[nH]c3ccccc3c2CCN1CCC(C)=O. The van der Waals surface area contributed by atoms with E-state index in [1.165, 1.54) is 17.0 Å². The highest BCUT2D eigenvalue weighted by atomic mass is 19.1. The number of para-hydroxylation sites is 1. The molecule has 1 atom stereocenters. The number of Topliss-reactive ketones (excluding diaryl/α,β-unsaturated/α-hetero) is 1. The zero-order valence-corrected chi connectivity index (χ0v) is 15.0. The van der Waals surface area contributed by atoms with Crippen LogP contribution in [0.3, 0.4) is 0 Å². The summed E-state index contributed by atoms with van der Waals surface area (Å²) in [6, 6.07) is 7.97. The average Bonchev–Trinajstić information content (AvgIpc) is 3.02. The number of benzene rings is 1. The van der Waals surface area contributed by atoms with Gasteiger partial charge in [-0.2, -0.15) is 4.39 Å². The molecule has 0 radical (unpaired) electrons. The normalized spacial score (nSPS) is 18.0. The van der Waals surface area contributed by atoms with E-state index in [-0.39, 0.29) is 11.8 Å². The second kappa shape index (κ2) is 7.83. The van der Waals surface area contributed by atoms with E-state index < -0.39 is 11.8 Å². The number of hydrogen-bond donors (Lipinski definition) is 1. The van der Waals surface area contributed by atoms with Gasteiger partial charge in [0.1, 0.15) is 5.78 Å². The van der Waals surface area contributed by atoms with E-state index >= 15 is 0 Å². The molecule has 0 amide bonds. The van der Waals surface area contributed by atoms with Gasteiger partial charge in [-0.15, -0.1) is 0 Å². The summed E-state index contributed by atoms with van der Waals surface area (Å²) in [6.45, 7) is 2.98. The summed E-state index contributed by atoms with van der Waals surface area (Å²) in [5.41, 5.74) is 3.32. The molecule has 3 rings (SSSR count). The Labute approximate surface area is 151 Å². The number of carbonyl (C=O) groups is 2. The van der Waals surface area contributed by atoms with E-state index in [9.17, 15) is 14.0 Å². The number of hydrogen-bond acceptors (Lipinski definition) is 4. The summed E-state index contributed by atoms with van der Waals surface area (Å²) in [5, 5.41) is 1.18. The lowest BCUT2D eigenvalue weighted by Crippen LogP contribution is -2.36. The van der Waals surface area contributed by atoms with Crippen molar-refractivity contribution in [1.82, 2.24) is 9.88 Å². The molecule has 1 aromatic heterocycles. The van der Waals surface area contributed by atoms with Crippen molar-refractivity contribution >= 4 is 22.7 Å². The molecule has 0 saturated heterocycles. The lowest BCUT2D eigenvalue weighted by atomic mass is 9.94. The van der Waals surface area contributed by atoms with Crippen LogP contribution in [0.25, 0.3) is 10.9 Å². The molecule has 26 heavy (non-hydrogen) atoms. The Morgan fingerprint density at radius 1 is 1.38 bits per heavy atom. The molecule has 0 aliphatic carbocycles. The lowest BCUT2D eigenvalue weighted by molar-refractivity contribution is -0.137. The second-order valence-electron chi connectivity index (χ2n) is 6.60. The molecule has 0 fully saturated rings. The Balaban J connectivity index is 1.93. The van der Waals surface area contributed by atoms with E-state index in [2.05, 4.69) is 20.7 Å². The van der Waals surface area contributed by atoms with E-state index in [1.54, 1.807) is 6.92 Å². The number of fused-ring (bicyclic) bond motifs is 3. The van der Waals surface area contributed by atoms with Crippen molar-refractivity contribution in [3.8, 4) is 0 Å². The number of rotatable bonds is 6. The molecule has 0 saturated carbocycles. The molecule has 1 aliphatic heterocycles. The molecular weight excluding hydrogens is 335 g/mol. The third-order valence-corrected chi connectivity index (χ3v) is 4.92. The highest BCUT2D eigenvalue weighted by Gasteiger charge is 2.30. The predicted octanol–water partition coefficient (Wildman–Crippen LogP) is 3.46. The number of ether oxygens (including phenoxy) is 1. The molecule has 1 unspecified atom stereocenters.